The molecule has 0 spiro atoms. The van der Waals surface area contributed by atoms with Crippen LogP contribution < -0.4 is 39.3 Å². The lowest BCUT2D eigenvalue weighted by Crippen LogP contribution is -2.67. The van der Waals surface area contributed by atoms with E-state index in [0.717, 1.165) is 0 Å². The van der Waals surface area contributed by atoms with Gasteiger partial charge in [-0.15, -0.1) is 0 Å². The minimum atomic E-state index is -2.17. The monoisotopic (exact) mass is 761 g/mol. The van der Waals surface area contributed by atoms with Gasteiger partial charge in [-0.3, -0.25) is 4.79 Å². The summed E-state index contributed by atoms with van der Waals surface area (Å²) in [6.07, 6.45) is -23.8. The van der Waals surface area contributed by atoms with Gasteiger partial charge in [-0.05, 0) is 12.8 Å². The molecular formula is C29H56FN7O15. The number of nitrogens with two attached hydrogens (primary N) is 5. The summed E-state index contributed by atoms with van der Waals surface area (Å²) >= 11 is 0. The zero-order valence-corrected chi connectivity index (χ0v) is 28.4. The van der Waals surface area contributed by atoms with Gasteiger partial charge in [0, 0.05) is 32.2 Å². The quantitative estimate of drug-likeness (QED) is 0.0649. The van der Waals surface area contributed by atoms with Gasteiger partial charge in [0.2, 0.25) is 0 Å². The zero-order valence-electron chi connectivity index (χ0n) is 28.4. The molecule has 52 heavy (non-hydrogen) atoms. The lowest BCUT2D eigenvalue weighted by atomic mass is 9.83. The molecule has 20 N–H and O–H groups in total. The van der Waals surface area contributed by atoms with Crippen molar-refractivity contribution in [1.82, 2.24) is 10.6 Å². The maximum atomic E-state index is 14.0. The van der Waals surface area contributed by atoms with Crippen molar-refractivity contribution in [2.45, 2.75) is 135 Å². The van der Waals surface area contributed by atoms with Crippen LogP contribution in [0.5, 0.6) is 0 Å². The molecule has 1 saturated carbocycles. The van der Waals surface area contributed by atoms with Gasteiger partial charge in [-0.25, -0.2) is 4.39 Å². The molecule has 0 bridgehead atoms. The van der Waals surface area contributed by atoms with Crippen LogP contribution in [0.1, 0.15) is 12.8 Å². The molecule has 0 radical (unpaired) electrons. The molecule has 3 saturated heterocycles. The van der Waals surface area contributed by atoms with E-state index in [9.17, 15) is 44.9 Å². The summed E-state index contributed by atoms with van der Waals surface area (Å²) in [6, 6.07) is -4.59. The summed E-state index contributed by atoms with van der Waals surface area (Å²) in [4.78, 5) is 12.7. The average Bonchev–Trinajstić information content (AvgIpc) is 3.42. The molecule has 23 heteroatoms. The SMILES string of the molecule is NC[C@@H](F)[C@H](O)C(=O)N[C@@H]1C[C@H](N)[C@@H](O[C@H]2O[C@H](CNCCO)[C@@H](O)C[C@H]2N)[C@H](O[C@@H]2O[C@H](CO)[C@@H](O[C@H]3O[C@@H](CN)[C@@H](O)[C@H](O)[C@H]3N)[C@H]2O)[C@H]1O. The first kappa shape index (κ1) is 43.3. The number of hydrogen-bond donors (Lipinski definition) is 15. The minimum absolute atomic E-state index is 0.0258. The Kier molecular flexibility index (Phi) is 16.2. The Bertz CT molecular complexity index is 1110. The lowest BCUT2D eigenvalue weighted by Gasteiger charge is -2.47. The van der Waals surface area contributed by atoms with E-state index >= 15 is 0 Å². The molecule has 0 aromatic rings. The van der Waals surface area contributed by atoms with Crippen LogP contribution in [0.3, 0.4) is 0 Å². The fourth-order valence-corrected chi connectivity index (χ4v) is 6.69. The molecule has 0 aromatic carbocycles. The molecule has 1 aliphatic carbocycles. The van der Waals surface area contributed by atoms with Gasteiger partial charge in [0.05, 0.1) is 43.5 Å². The Morgan fingerprint density at radius 2 is 1.42 bits per heavy atom. The van der Waals surface area contributed by atoms with Crippen molar-refractivity contribution in [3.8, 4) is 0 Å². The van der Waals surface area contributed by atoms with E-state index in [1.165, 1.54) is 0 Å². The standard InChI is InChI=1S/C29H56FN7O15/c30-9(5-31)18(41)26(46)37-12-3-10(33)23(50-27-11(34)4-13(40)15(48-27)7-36-1-2-38)25(19(12)42)52-29-22(45)24(16(8-39)49-29)51-28-17(35)21(44)20(43)14(6-32)47-28/h9-25,27-29,36,38-45H,1-8,31-35H2,(H,37,46)/t9-,10+,11-,12-,13+,14+,15-,16-,17-,18+,19+,20-,21-,22-,23-,24-,25-,27-,28-,29+/m1/s1. The van der Waals surface area contributed by atoms with Crippen LogP contribution in [0, 0.1) is 0 Å². The molecule has 4 rings (SSSR count). The number of hydrogen-bond acceptors (Lipinski definition) is 21. The van der Waals surface area contributed by atoms with Crippen LogP contribution >= 0.6 is 0 Å². The molecular weight excluding hydrogens is 705 g/mol. The molecule has 304 valence electrons. The van der Waals surface area contributed by atoms with E-state index in [-0.39, 0.29) is 39.1 Å². The van der Waals surface area contributed by atoms with Gasteiger partial charge in [0.15, 0.2) is 25.0 Å². The third-order valence-electron chi connectivity index (χ3n) is 9.75. The number of halogens is 1. The highest BCUT2D eigenvalue weighted by molar-refractivity contribution is 5.81. The average molecular weight is 762 g/mol. The Balaban J connectivity index is 1.56. The van der Waals surface area contributed by atoms with Crippen molar-refractivity contribution in [2.24, 2.45) is 28.7 Å². The van der Waals surface area contributed by atoms with Crippen LogP contribution in [-0.2, 0) is 33.2 Å². The summed E-state index contributed by atoms with van der Waals surface area (Å²) in [5.41, 5.74) is 29.6. The van der Waals surface area contributed by atoms with Crippen molar-refractivity contribution in [3.63, 3.8) is 0 Å². The number of alkyl halides is 1. The molecule has 4 aliphatic rings. The Hall–Kier alpha value is -1.40. The van der Waals surface area contributed by atoms with Crippen molar-refractivity contribution < 1.29 is 78.5 Å². The Labute approximate surface area is 298 Å². The predicted octanol–water partition coefficient (Wildman–Crippen LogP) is -9.43. The largest absolute Gasteiger partial charge is 0.395 e. The number of rotatable bonds is 16. The molecule has 0 unspecified atom stereocenters. The van der Waals surface area contributed by atoms with Gasteiger partial charge in [0.25, 0.3) is 5.91 Å². The highest BCUT2D eigenvalue weighted by Gasteiger charge is 2.54. The normalized spacial score (nSPS) is 45.4. The van der Waals surface area contributed by atoms with Gasteiger partial charge in [-0.1, -0.05) is 0 Å². The fraction of sp³-hybridized carbons (Fsp3) is 0.966. The number of carbonyl (C=O) groups is 1. The molecule has 0 aromatic heterocycles. The van der Waals surface area contributed by atoms with Gasteiger partial charge in [0.1, 0.15) is 61.1 Å². The maximum absolute atomic E-state index is 14.0. The van der Waals surface area contributed by atoms with Crippen LogP contribution in [0.2, 0.25) is 0 Å². The Morgan fingerprint density at radius 1 is 0.788 bits per heavy atom. The topological polar surface area (TPSA) is 388 Å². The number of ether oxygens (including phenoxy) is 6. The van der Waals surface area contributed by atoms with E-state index in [1.54, 1.807) is 0 Å². The smallest absolute Gasteiger partial charge is 0.252 e. The summed E-state index contributed by atoms with van der Waals surface area (Å²) < 4.78 is 49.4. The first-order valence-corrected chi connectivity index (χ1v) is 17.2. The van der Waals surface area contributed by atoms with Crippen molar-refractivity contribution in [3.05, 3.63) is 0 Å². The lowest BCUT2D eigenvalue weighted by molar-refractivity contribution is -0.296. The molecule has 1 amide bonds. The van der Waals surface area contributed by atoms with Crippen molar-refractivity contribution in [2.75, 3.05) is 39.4 Å². The Morgan fingerprint density at radius 3 is 2.06 bits per heavy atom. The zero-order chi connectivity index (χ0) is 38.4. The molecule has 4 fully saturated rings. The molecule has 20 atom stereocenters. The second-order valence-electron chi connectivity index (χ2n) is 13.5. The number of amides is 1. The summed E-state index contributed by atoms with van der Waals surface area (Å²) in [5, 5.41) is 88.6. The number of aliphatic hydroxyl groups excluding tert-OH is 8. The van der Waals surface area contributed by atoms with Crippen LogP contribution in [0.25, 0.3) is 0 Å². The van der Waals surface area contributed by atoms with Crippen molar-refractivity contribution in [1.29, 1.82) is 0 Å². The van der Waals surface area contributed by atoms with E-state index in [2.05, 4.69) is 10.6 Å². The highest BCUT2D eigenvalue weighted by atomic mass is 19.1. The number of aliphatic hydroxyl groups is 8. The van der Waals surface area contributed by atoms with E-state index in [4.69, 9.17) is 62.2 Å². The molecule has 3 aliphatic heterocycles. The van der Waals surface area contributed by atoms with Gasteiger partial charge >= 0.3 is 0 Å². The highest BCUT2D eigenvalue weighted by Crippen LogP contribution is 2.34. The minimum Gasteiger partial charge on any atom is -0.395 e. The summed E-state index contributed by atoms with van der Waals surface area (Å²) in [7, 11) is 0. The number of nitrogens with one attached hydrogen (secondary N) is 2. The van der Waals surface area contributed by atoms with Gasteiger partial charge < -0.3 is 109 Å². The molecule has 22 nitrogen and oxygen atoms in total. The first-order valence-electron chi connectivity index (χ1n) is 17.2. The fourth-order valence-electron chi connectivity index (χ4n) is 6.69. The number of carbonyl (C=O) groups excluding carboxylic acids is 1. The van der Waals surface area contributed by atoms with Crippen LogP contribution in [0.15, 0.2) is 0 Å². The van der Waals surface area contributed by atoms with E-state index in [1.807, 2.05) is 0 Å². The predicted molar refractivity (Wildman–Crippen MR) is 172 cm³/mol. The van der Waals surface area contributed by atoms with Crippen LogP contribution in [0.4, 0.5) is 4.39 Å². The third kappa shape index (κ3) is 9.87. The molecule has 3 heterocycles. The third-order valence-corrected chi connectivity index (χ3v) is 9.75. The maximum Gasteiger partial charge on any atom is 0.252 e. The second kappa shape index (κ2) is 19.5. The van der Waals surface area contributed by atoms with Gasteiger partial charge in [-0.2, -0.15) is 0 Å². The van der Waals surface area contributed by atoms with E-state index in [0.29, 0.717) is 0 Å². The summed E-state index contributed by atoms with van der Waals surface area (Å²) in [6.45, 7) is -1.45. The van der Waals surface area contributed by atoms with Crippen LogP contribution in [-0.4, -0.2) is 209 Å². The van der Waals surface area contributed by atoms with E-state index < -0.39 is 142 Å². The second-order valence-corrected chi connectivity index (χ2v) is 13.5. The first-order chi connectivity index (χ1) is 24.7. The summed E-state index contributed by atoms with van der Waals surface area (Å²) in [5.74, 6) is -1.20. The van der Waals surface area contributed by atoms with Crippen molar-refractivity contribution >= 4 is 5.91 Å².